The maximum atomic E-state index is 6.67. The highest BCUT2D eigenvalue weighted by molar-refractivity contribution is 6.82. The molecule has 31 heavy (non-hydrogen) atoms. The maximum Gasteiger partial charge on any atom is 0.398 e. The summed E-state index contributed by atoms with van der Waals surface area (Å²) in [7, 11) is 1.26. The second kappa shape index (κ2) is 10.7. The number of hydrogen-bond acceptors (Lipinski definition) is 2. The van der Waals surface area contributed by atoms with Gasteiger partial charge in [0.15, 0.2) is 0 Å². The summed E-state index contributed by atoms with van der Waals surface area (Å²) in [6.45, 7) is 19.2. The van der Waals surface area contributed by atoms with E-state index in [4.69, 9.17) is 8.85 Å². The topological polar surface area (TPSA) is 18.5 Å². The molecule has 0 spiro atoms. The van der Waals surface area contributed by atoms with Crippen LogP contribution in [-0.4, -0.2) is 22.8 Å². The lowest BCUT2D eigenvalue weighted by molar-refractivity contribution is 0.203. The minimum Gasteiger partial charge on any atom is -0.391 e. The molecule has 3 heteroatoms. The predicted octanol–water partition coefficient (Wildman–Crippen LogP) is 8.69. The van der Waals surface area contributed by atoms with Gasteiger partial charge < -0.3 is 8.85 Å². The first-order valence-corrected chi connectivity index (χ1v) is 15.2. The van der Waals surface area contributed by atoms with Crippen LogP contribution in [0.2, 0.25) is 0 Å². The van der Waals surface area contributed by atoms with Gasteiger partial charge in [-0.25, -0.2) is 0 Å². The Bertz CT molecular complexity index is 608. The normalized spacial score (nSPS) is 25.7. The monoisotopic (exact) mass is 448 g/mol. The molecule has 0 amide bonds. The molecule has 2 atom stereocenters. The Balaban J connectivity index is 2.84. The van der Waals surface area contributed by atoms with Crippen molar-refractivity contribution in [2.24, 2.45) is 22.7 Å². The molecule has 180 valence electrons. The van der Waals surface area contributed by atoms with E-state index in [-0.39, 0.29) is 0 Å². The van der Waals surface area contributed by atoms with Gasteiger partial charge in [-0.05, 0) is 84.4 Å². The third-order valence-electron chi connectivity index (χ3n) is 9.98. The van der Waals surface area contributed by atoms with Gasteiger partial charge >= 0.3 is 8.56 Å². The molecule has 0 aromatic rings. The molecular weight excluding hydrogens is 396 g/mol. The van der Waals surface area contributed by atoms with E-state index >= 15 is 0 Å². The van der Waals surface area contributed by atoms with Crippen LogP contribution in [0.25, 0.3) is 0 Å². The van der Waals surface area contributed by atoms with Gasteiger partial charge in [0.1, 0.15) is 0 Å². The second-order valence-electron chi connectivity index (χ2n) is 9.99. The zero-order valence-corrected chi connectivity index (χ0v) is 23.5. The highest BCUT2D eigenvalue weighted by Gasteiger charge is 2.58. The van der Waals surface area contributed by atoms with Gasteiger partial charge in [-0.2, -0.15) is 0 Å². The number of rotatable bonds is 12. The molecule has 0 radical (unpaired) electrons. The average Bonchev–Trinajstić information content (AvgIpc) is 3.33. The van der Waals surface area contributed by atoms with Crippen LogP contribution in [0.1, 0.15) is 120 Å². The summed E-state index contributed by atoms with van der Waals surface area (Å²) in [5.74, 6) is 1.45. The van der Waals surface area contributed by atoms with E-state index in [2.05, 4.69) is 55.4 Å². The summed E-state index contributed by atoms with van der Waals surface area (Å²) in [6, 6.07) is 0. The van der Waals surface area contributed by atoms with Gasteiger partial charge in [0.25, 0.3) is 0 Å². The first-order valence-electron chi connectivity index (χ1n) is 13.4. The molecule has 2 unspecified atom stereocenters. The van der Waals surface area contributed by atoms with Crippen LogP contribution in [-0.2, 0) is 8.85 Å². The van der Waals surface area contributed by atoms with Crippen molar-refractivity contribution in [1.29, 1.82) is 0 Å². The summed E-state index contributed by atoms with van der Waals surface area (Å²) >= 11 is 0. The fourth-order valence-electron chi connectivity index (χ4n) is 8.36. The van der Waals surface area contributed by atoms with Gasteiger partial charge in [0.05, 0.1) is 0 Å². The average molecular weight is 449 g/mol. The molecular formula is C28H52O2Si. The lowest BCUT2D eigenvalue weighted by Crippen LogP contribution is -2.46. The van der Waals surface area contributed by atoms with Crippen molar-refractivity contribution in [2.75, 3.05) is 14.2 Å². The molecule has 0 heterocycles. The molecule has 0 aliphatic heterocycles. The number of allylic oxidation sites excluding steroid dienone is 4. The van der Waals surface area contributed by atoms with E-state index < -0.39 is 8.56 Å². The first kappa shape index (κ1) is 26.9. The molecule has 2 aliphatic carbocycles. The van der Waals surface area contributed by atoms with Crippen molar-refractivity contribution in [3.8, 4) is 0 Å². The zero-order chi connectivity index (χ0) is 23.4. The van der Waals surface area contributed by atoms with E-state index in [0.717, 1.165) is 24.7 Å². The molecule has 0 saturated carbocycles. The third kappa shape index (κ3) is 3.75. The number of hydrogen-bond donors (Lipinski definition) is 0. The SMILES string of the molecule is CCC1=C([Si](OC)(OC)C2=C(CC)C(CC)(CC)C(CC)C2)CC(CC)C1(CC)CC. The predicted molar refractivity (Wildman–Crippen MR) is 137 cm³/mol. The van der Waals surface area contributed by atoms with Crippen LogP contribution in [0.3, 0.4) is 0 Å². The summed E-state index contributed by atoms with van der Waals surface area (Å²) in [5.41, 5.74) is 4.05. The maximum absolute atomic E-state index is 6.67. The Morgan fingerprint density at radius 3 is 1.16 bits per heavy atom. The van der Waals surface area contributed by atoms with Crippen molar-refractivity contribution in [3.05, 3.63) is 21.5 Å². The van der Waals surface area contributed by atoms with Crippen molar-refractivity contribution in [1.82, 2.24) is 0 Å². The standard InChI is InChI=1S/C28H52O2Si/c1-11-21-19-25(23(13-3)27(21,15-5)16-6)31(29-9,30-10)26-20-22(12-2)28(17-7,18-8)24(26)14-4/h21-22H,11-20H2,1-10H3. The summed E-state index contributed by atoms with van der Waals surface area (Å²) in [4.78, 5) is 0. The Labute approximate surface area is 195 Å². The highest BCUT2D eigenvalue weighted by Crippen LogP contribution is 2.61. The molecule has 0 aromatic heterocycles. The van der Waals surface area contributed by atoms with Crippen molar-refractivity contribution in [3.63, 3.8) is 0 Å². The Kier molecular flexibility index (Phi) is 9.27. The Hall–Kier alpha value is -0.383. The molecule has 2 aliphatic rings. The molecule has 2 rings (SSSR count). The molecule has 0 fully saturated rings. The Morgan fingerprint density at radius 1 is 0.645 bits per heavy atom. The Morgan fingerprint density at radius 2 is 0.968 bits per heavy atom. The quantitative estimate of drug-likeness (QED) is 0.278. The molecule has 0 saturated heterocycles. The minimum atomic E-state index is -2.65. The largest absolute Gasteiger partial charge is 0.398 e. The van der Waals surface area contributed by atoms with Crippen LogP contribution in [0.5, 0.6) is 0 Å². The highest BCUT2D eigenvalue weighted by atomic mass is 28.4. The zero-order valence-electron chi connectivity index (χ0n) is 22.5. The van der Waals surface area contributed by atoms with Crippen LogP contribution >= 0.6 is 0 Å². The van der Waals surface area contributed by atoms with Gasteiger partial charge in [0.2, 0.25) is 0 Å². The van der Waals surface area contributed by atoms with Crippen LogP contribution < -0.4 is 0 Å². The lowest BCUT2D eigenvalue weighted by atomic mass is 9.68. The fraction of sp³-hybridized carbons (Fsp3) is 0.857. The summed E-state index contributed by atoms with van der Waals surface area (Å²) in [6.07, 6.45) is 12.1. The van der Waals surface area contributed by atoms with E-state index in [1.807, 2.05) is 14.2 Å². The van der Waals surface area contributed by atoms with E-state index in [1.54, 1.807) is 21.5 Å². The lowest BCUT2D eigenvalue weighted by Gasteiger charge is -2.38. The molecule has 0 N–H and O–H groups in total. The van der Waals surface area contributed by atoms with E-state index in [9.17, 15) is 0 Å². The first-order chi connectivity index (χ1) is 14.9. The summed E-state index contributed by atoms with van der Waals surface area (Å²) < 4.78 is 13.3. The molecule has 2 nitrogen and oxygen atoms in total. The van der Waals surface area contributed by atoms with Gasteiger partial charge in [0, 0.05) is 14.2 Å². The van der Waals surface area contributed by atoms with Crippen molar-refractivity contribution >= 4 is 8.56 Å². The smallest absolute Gasteiger partial charge is 0.391 e. The van der Waals surface area contributed by atoms with Crippen LogP contribution in [0.4, 0.5) is 0 Å². The van der Waals surface area contributed by atoms with Gasteiger partial charge in [-0.15, -0.1) is 0 Å². The second-order valence-corrected chi connectivity index (χ2v) is 13.2. The van der Waals surface area contributed by atoms with Gasteiger partial charge in [-0.1, -0.05) is 79.4 Å². The molecule has 0 bridgehead atoms. The van der Waals surface area contributed by atoms with Crippen molar-refractivity contribution in [2.45, 2.75) is 120 Å². The fourth-order valence-corrected chi connectivity index (χ4v) is 12.6. The third-order valence-corrected chi connectivity index (χ3v) is 13.7. The van der Waals surface area contributed by atoms with E-state index in [0.29, 0.717) is 10.8 Å². The summed E-state index contributed by atoms with van der Waals surface area (Å²) in [5, 5.41) is 3.21. The van der Waals surface area contributed by atoms with Crippen molar-refractivity contribution < 1.29 is 8.85 Å². The van der Waals surface area contributed by atoms with Gasteiger partial charge in [-0.3, -0.25) is 0 Å². The van der Waals surface area contributed by atoms with E-state index in [1.165, 1.54) is 51.4 Å². The van der Waals surface area contributed by atoms with Crippen LogP contribution in [0.15, 0.2) is 21.5 Å². The molecule has 0 aromatic carbocycles. The minimum absolute atomic E-state index is 0.330. The van der Waals surface area contributed by atoms with Crippen LogP contribution in [0, 0.1) is 22.7 Å².